The van der Waals surface area contributed by atoms with Gasteiger partial charge in [0.05, 0.1) is 18.8 Å². The van der Waals surface area contributed by atoms with E-state index >= 15 is 0 Å². The quantitative estimate of drug-likeness (QED) is 0.622. The van der Waals surface area contributed by atoms with Crippen LogP contribution in [0.2, 0.25) is 0 Å². The van der Waals surface area contributed by atoms with E-state index in [2.05, 4.69) is 10.6 Å². The van der Waals surface area contributed by atoms with Gasteiger partial charge in [-0.25, -0.2) is 9.59 Å². The van der Waals surface area contributed by atoms with Gasteiger partial charge in [-0.3, -0.25) is 0 Å². The highest BCUT2D eigenvalue weighted by atomic mass is 16.5. The van der Waals surface area contributed by atoms with E-state index < -0.39 is 18.0 Å². The second-order valence-electron chi connectivity index (χ2n) is 4.30. The molecule has 0 aromatic rings. The molecule has 7 nitrogen and oxygen atoms in total. The molecule has 0 radical (unpaired) electrons. The summed E-state index contributed by atoms with van der Waals surface area (Å²) >= 11 is 0. The summed E-state index contributed by atoms with van der Waals surface area (Å²) in [5.41, 5.74) is 0. The molecule has 0 spiro atoms. The zero-order valence-electron chi connectivity index (χ0n) is 10.6. The van der Waals surface area contributed by atoms with Crippen molar-refractivity contribution in [3.63, 3.8) is 0 Å². The number of hydrogen-bond acceptors (Lipinski definition) is 4. The molecule has 1 saturated heterocycles. The number of carboxylic acids is 1. The first-order valence-electron chi connectivity index (χ1n) is 5.95. The van der Waals surface area contributed by atoms with Crippen molar-refractivity contribution in [2.45, 2.75) is 38.0 Å². The molecular formula is C11H20N2O5. The Morgan fingerprint density at radius 3 is 2.72 bits per heavy atom. The van der Waals surface area contributed by atoms with Gasteiger partial charge in [0.15, 0.2) is 6.04 Å². The number of hydrogen-bond donors (Lipinski definition) is 3. The fourth-order valence-electron chi connectivity index (χ4n) is 1.84. The molecule has 1 aliphatic rings. The molecular weight excluding hydrogens is 240 g/mol. The maximum absolute atomic E-state index is 11.6. The van der Waals surface area contributed by atoms with Crippen LogP contribution in [0, 0.1) is 0 Å². The van der Waals surface area contributed by atoms with Gasteiger partial charge < -0.3 is 25.2 Å². The molecule has 3 atom stereocenters. The zero-order chi connectivity index (χ0) is 13.5. The van der Waals surface area contributed by atoms with Crippen LogP contribution in [0.3, 0.4) is 0 Å². The van der Waals surface area contributed by atoms with Gasteiger partial charge in [-0.05, 0) is 19.8 Å². The lowest BCUT2D eigenvalue weighted by molar-refractivity contribution is -0.140. The first-order valence-corrected chi connectivity index (χ1v) is 5.95. The van der Waals surface area contributed by atoms with E-state index in [1.807, 2.05) is 6.92 Å². The number of methoxy groups -OCH3 is 1. The summed E-state index contributed by atoms with van der Waals surface area (Å²) in [7, 11) is 1.38. The molecule has 0 aromatic carbocycles. The third kappa shape index (κ3) is 4.50. The molecule has 18 heavy (non-hydrogen) atoms. The van der Waals surface area contributed by atoms with Crippen LogP contribution in [-0.2, 0) is 14.3 Å². The third-order valence-electron chi connectivity index (χ3n) is 2.82. The molecule has 1 rings (SSSR count). The average Bonchev–Trinajstić information content (AvgIpc) is 2.81. The van der Waals surface area contributed by atoms with E-state index in [0.717, 1.165) is 12.8 Å². The van der Waals surface area contributed by atoms with Gasteiger partial charge in [-0.2, -0.15) is 0 Å². The Morgan fingerprint density at radius 1 is 1.50 bits per heavy atom. The Balaban J connectivity index is 2.36. The van der Waals surface area contributed by atoms with Crippen LogP contribution in [0.4, 0.5) is 4.79 Å². The smallest absolute Gasteiger partial charge is 0.328 e. The zero-order valence-corrected chi connectivity index (χ0v) is 10.6. The van der Waals surface area contributed by atoms with Crippen molar-refractivity contribution in [1.82, 2.24) is 10.6 Å². The number of urea groups is 1. The highest BCUT2D eigenvalue weighted by molar-refractivity contribution is 5.82. The summed E-state index contributed by atoms with van der Waals surface area (Å²) in [5.74, 6) is -1.13. The predicted octanol–water partition coefficient (Wildman–Crippen LogP) is -0.0473. The molecule has 0 aromatic heterocycles. The Labute approximate surface area is 106 Å². The van der Waals surface area contributed by atoms with Crippen LogP contribution in [0.15, 0.2) is 0 Å². The average molecular weight is 260 g/mol. The fraction of sp³-hybridized carbons (Fsp3) is 0.818. The lowest BCUT2D eigenvalue weighted by Gasteiger charge is -2.21. The molecule has 0 bridgehead atoms. The van der Waals surface area contributed by atoms with Gasteiger partial charge in [0, 0.05) is 13.7 Å². The lowest BCUT2D eigenvalue weighted by Crippen LogP contribution is -2.52. The van der Waals surface area contributed by atoms with E-state index in [1.54, 1.807) is 0 Å². The first-order chi connectivity index (χ1) is 8.54. The molecule has 1 aliphatic heterocycles. The number of ether oxygens (including phenoxy) is 2. The number of amides is 2. The van der Waals surface area contributed by atoms with Crippen molar-refractivity contribution < 1.29 is 24.2 Å². The topological polar surface area (TPSA) is 96.9 Å². The van der Waals surface area contributed by atoms with Gasteiger partial charge in [0.1, 0.15) is 0 Å². The molecule has 3 unspecified atom stereocenters. The molecule has 1 heterocycles. The third-order valence-corrected chi connectivity index (χ3v) is 2.82. The Bertz CT molecular complexity index is 291. The van der Waals surface area contributed by atoms with Gasteiger partial charge in [0.2, 0.25) is 0 Å². The van der Waals surface area contributed by atoms with Gasteiger partial charge in [0.25, 0.3) is 0 Å². The number of nitrogens with one attached hydrogen (secondary N) is 2. The number of aliphatic carboxylic acids is 1. The monoisotopic (exact) mass is 260 g/mol. The number of carbonyl (C=O) groups is 2. The molecule has 7 heteroatoms. The van der Waals surface area contributed by atoms with Crippen LogP contribution in [0.5, 0.6) is 0 Å². The summed E-state index contributed by atoms with van der Waals surface area (Å²) in [6.07, 6.45) is 1.89. The SMILES string of the molecule is COCC(NC(=O)NC(C)C1CCCO1)C(=O)O. The van der Waals surface area contributed by atoms with Crippen LogP contribution >= 0.6 is 0 Å². The minimum absolute atomic E-state index is 0.00135. The van der Waals surface area contributed by atoms with Crippen molar-refractivity contribution >= 4 is 12.0 Å². The van der Waals surface area contributed by atoms with Gasteiger partial charge in [-0.1, -0.05) is 0 Å². The lowest BCUT2D eigenvalue weighted by atomic mass is 10.1. The number of rotatable bonds is 6. The van der Waals surface area contributed by atoms with E-state index in [-0.39, 0.29) is 18.8 Å². The number of carboxylic acid groups (broad SMARTS) is 1. The van der Waals surface area contributed by atoms with E-state index in [4.69, 9.17) is 14.6 Å². The van der Waals surface area contributed by atoms with Crippen molar-refractivity contribution in [3.8, 4) is 0 Å². The maximum Gasteiger partial charge on any atom is 0.328 e. The summed E-state index contributed by atoms with van der Waals surface area (Å²) in [6, 6.07) is -1.72. The molecule has 104 valence electrons. The molecule has 2 amide bonds. The van der Waals surface area contributed by atoms with Crippen molar-refractivity contribution in [2.75, 3.05) is 20.3 Å². The van der Waals surface area contributed by atoms with Crippen molar-refractivity contribution in [1.29, 1.82) is 0 Å². The molecule has 3 N–H and O–H groups in total. The van der Waals surface area contributed by atoms with Crippen LogP contribution in [-0.4, -0.2) is 55.6 Å². The fourth-order valence-corrected chi connectivity index (χ4v) is 1.84. The van der Waals surface area contributed by atoms with E-state index in [9.17, 15) is 9.59 Å². The van der Waals surface area contributed by atoms with Crippen molar-refractivity contribution in [2.24, 2.45) is 0 Å². The van der Waals surface area contributed by atoms with E-state index in [0.29, 0.717) is 6.61 Å². The predicted molar refractivity (Wildman–Crippen MR) is 63.4 cm³/mol. The largest absolute Gasteiger partial charge is 0.480 e. The maximum atomic E-state index is 11.6. The Morgan fingerprint density at radius 2 is 2.22 bits per heavy atom. The Kier molecular flexibility index (Phi) is 5.87. The van der Waals surface area contributed by atoms with Crippen molar-refractivity contribution in [3.05, 3.63) is 0 Å². The molecule has 0 saturated carbocycles. The summed E-state index contributed by atoms with van der Waals surface area (Å²) < 4.78 is 10.2. The summed E-state index contributed by atoms with van der Waals surface area (Å²) in [6.45, 7) is 2.47. The minimum Gasteiger partial charge on any atom is -0.480 e. The second kappa shape index (κ2) is 7.17. The second-order valence-corrected chi connectivity index (χ2v) is 4.30. The highest BCUT2D eigenvalue weighted by Gasteiger charge is 2.25. The van der Waals surface area contributed by atoms with Gasteiger partial charge >= 0.3 is 12.0 Å². The molecule has 1 fully saturated rings. The van der Waals surface area contributed by atoms with Gasteiger partial charge in [-0.15, -0.1) is 0 Å². The minimum atomic E-state index is -1.13. The normalized spacial score (nSPS) is 22.2. The summed E-state index contributed by atoms with van der Waals surface area (Å²) in [5, 5.41) is 13.9. The first kappa shape index (κ1) is 14.7. The van der Waals surface area contributed by atoms with Crippen LogP contribution in [0.25, 0.3) is 0 Å². The molecule has 0 aliphatic carbocycles. The number of carbonyl (C=O) groups excluding carboxylic acids is 1. The summed E-state index contributed by atoms with van der Waals surface area (Å²) in [4.78, 5) is 22.4. The highest BCUT2D eigenvalue weighted by Crippen LogP contribution is 2.15. The standard InChI is InChI=1S/C11H20N2O5/c1-7(9-4-3-5-18-9)12-11(16)13-8(6-17-2)10(14)15/h7-9H,3-6H2,1-2H3,(H,14,15)(H2,12,13,16). The van der Waals surface area contributed by atoms with E-state index in [1.165, 1.54) is 7.11 Å². The van der Waals surface area contributed by atoms with Crippen LogP contribution < -0.4 is 10.6 Å². The van der Waals surface area contributed by atoms with Crippen LogP contribution in [0.1, 0.15) is 19.8 Å². The Hall–Kier alpha value is -1.34.